The predicted molar refractivity (Wildman–Crippen MR) is 101 cm³/mol. The number of benzene rings is 1. The fourth-order valence-corrected chi connectivity index (χ4v) is 3.34. The number of rotatable bonds is 6. The lowest BCUT2D eigenvalue weighted by Gasteiger charge is -2.16. The minimum Gasteiger partial charge on any atom is -0.497 e. The van der Waals surface area contributed by atoms with Crippen LogP contribution in [0.25, 0.3) is 0 Å². The highest BCUT2D eigenvalue weighted by Gasteiger charge is 2.31. The molecule has 0 aliphatic carbocycles. The van der Waals surface area contributed by atoms with Crippen molar-refractivity contribution in [1.82, 2.24) is 9.88 Å². The Bertz CT molecular complexity index is 851. The van der Waals surface area contributed by atoms with Gasteiger partial charge in [-0.15, -0.1) is 11.3 Å². The zero-order valence-corrected chi connectivity index (χ0v) is 15.3. The molecule has 0 spiro atoms. The number of hydrazone groups is 1. The Balaban J connectivity index is 1.76. The van der Waals surface area contributed by atoms with E-state index in [0.29, 0.717) is 35.5 Å². The molecule has 1 aliphatic rings. The predicted octanol–water partition coefficient (Wildman–Crippen LogP) is 2.72. The maximum atomic E-state index is 11.5. The second-order valence-electron chi connectivity index (χ2n) is 5.24. The van der Waals surface area contributed by atoms with Crippen molar-refractivity contribution in [2.45, 2.75) is 6.54 Å². The van der Waals surface area contributed by atoms with Gasteiger partial charge < -0.3 is 19.8 Å². The second-order valence-corrected chi connectivity index (χ2v) is 6.94. The zero-order chi connectivity index (χ0) is 18.5. The largest absolute Gasteiger partial charge is 0.497 e. The molecular weight excluding hydrogens is 380 g/mol. The summed E-state index contributed by atoms with van der Waals surface area (Å²) in [6.45, 7) is 1.48. The molecule has 9 nitrogen and oxygen atoms in total. The van der Waals surface area contributed by atoms with Crippen LogP contribution in [0.3, 0.4) is 0 Å². The summed E-state index contributed by atoms with van der Waals surface area (Å²) in [5.41, 5.74) is 3.30. The Morgan fingerprint density at radius 2 is 2.27 bits per heavy atom. The highest BCUT2D eigenvalue weighted by Crippen LogP contribution is 2.21. The number of methoxy groups -OCH3 is 1. The molecule has 0 fully saturated rings. The van der Waals surface area contributed by atoms with Gasteiger partial charge in [-0.1, -0.05) is 11.6 Å². The number of aromatic nitrogens is 1. The van der Waals surface area contributed by atoms with Crippen LogP contribution in [-0.4, -0.2) is 46.7 Å². The molecule has 1 aliphatic heterocycles. The Morgan fingerprint density at radius 1 is 1.50 bits per heavy atom. The summed E-state index contributed by atoms with van der Waals surface area (Å²) in [4.78, 5) is 21.9. The Kier molecular flexibility index (Phi) is 5.64. The third-order valence-corrected chi connectivity index (χ3v) is 4.66. The van der Waals surface area contributed by atoms with Crippen LogP contribution in [0.5, 0.6) is 5.75 Å². The molecule has 1 aromatic carbocycles. The van der Waals surface area contributed by atoms with Gasteiger partial charge >= 0.3 is 5.84 Å². The number of thiazole rings is 1. The lowest BCUT2D eigenvalue weighted by atomic mass is 10.3. The number of ether oxygens (including phenoxy) is 1. The quantitative estimate of drug-likeness (QED) is 0.349. The van der Waals surface area contributed by atoms with Crippen molar-refractivity contribution in [2.24, 2.45) is 10.1 Å². The van der Waals surface area contributed by atoms with E-state index in [1.54, 1.807) is 42.5 Å². The van der Waals surface area contributed by atoms with Crippen molar-refractivity contribution >= 4 is 40.3 Å². The molecule has 0 amide bonds. The zero-order valence-electron chi connectivity index (χ0n) is 13.8. The number of hydrogen-bond acceptors (Lipinski definition) is 9. The van der Waals surface area contributed by atoms with E-state index in [1.165, 1.54) is 11.3 Å². The Morgan fingerprint density at radius 3 is 2.88 bits per heavy atom. The molecule has 0 saturated heterocycles. The lowest BCUT2D eigenvalue weighted by molar-refractivity contribution is -0.346. The molecule has 0 unspecified atom stereocenters. The van der Waals surface area contributed by atoms with Crippen LogP contribution in [0, 0.1) is 10.1 Å². The Labute approximate surface area is 158 Å². The number of hydrogen-bond donors (Lipinski definition) is 1. The number of amidine groups is 2. The first kappa shape index (κ1) is 18.1. The van der Waals surface area contributed by atoms with E-state index in [1.807, 2.05) is 0 Å². The monoisotopic (exact) mass is 394 g/mol. The van der Waals surface area contributed by atoms with Crippen molar-refractivity contribution in [2.75, 3.05) is 25.6 Å². The van der Waals surface area contributed by atoms with Gasteiger partial charge in [0.05, 0.1) is 31.0 Å². The Hall–Kier alpha value is -2.72. The third-order valence-electron chi connectivity index (χ3n) is 3.56. The normalized spacial score (nSPS) is 14.3. The molecule has 1 N–H and O–H groups in total. The molecule has 0 radical (unpaired) electrons. The second kappa shape index (κ2) is 8.11. The number of nitrogens with one attached hydrogen (secondary N) is 1. The molecular formula is C15H15ClN6O3S. The summed E-state index contributed by atoms with van der Waals surface area (Å²) in [6.07, 6.45) is 1.65. The molecule has 26 heavy (non-hydrogen) atoms. The number of nitrogens with zero attached hydrogens (tertiary/aromatic N) is 5. The standard InChI is InChI=1S/C15H15ClN6O3S/c1-25-11-4-2-10(3-5-11)19-20-14(22(23)24)13-17-6-7-21(13)9-12-8-18-15(16)26-12/h2-5,8,19H,6-7,9H2,1H3/b20-14-. The van der Waals surface area contributed by atoms with Gasteiger partial charge in [0, 0.05) is 17.6 Å². The number of halogens is 1. The van der Waals surface area contributed by atoms with Crippen LogP contribution >= 0.6 is 22.9 Å². The summed E-state index contributed by atoms with van der Waals surface area (Å²) in [7, 11) is 1.56. The SMILES string of the molecule is COc1ccc(N/N=C(/C2=NCCN2Cc2cnc(Cl)s2)[N+](=O)[O-])cc1. The van der Waals surface area contributed by atoms with Crippen LogP contribution < -0.4 is 10.2 Å². The summed E-state index contributed by atoms with van der Waals surface area (Å²) >= 11 is 7.17. The molecule has 136 valence electrons. The number of aliphatic imine (C=N–C) groups is 1. The molecule has 11 heteroatoms. The van der Waals surface area contributed by atoms with Gasteiger partial charge in [0.2, 0.25) is 5.84 Å². The minimum atomic E-state index is -0.548. The molecule has 3 rings (SSSR count). The number of anilines is 1. The average molecular weight is 395 g/mol. The molecule has 0 bridgehead atoms. The molecule has 0 atom stereocenters. The van der Waals surface area contributed by atoms with E-state index in [9.17, 15) is 10.1 Å². The number of nitro groups is 1. The average Bonchev–Trinajstić information content (AvgIpc) is 3.25. The molecule has 2 aromatic rings. The van der Waals surface area contributed by atoms with Crippen molar-refractivity contribution in [3.63, 3.8) is 0 Å². The fourth-order valence-electron chi connectivity index (χ4n) is 2.35. The maximum absolute atomic E-state index is 11.5. The van der Waals surface area contributed by atoms with Crippen LogP contribution in [0.15, 0.2) is 40.6 Å². The van der Waals surface area contributed by atoms with Crippen molar-refractivity contribution in [1.29, 1.82) is 0 Å². The van der Waals surface area contributed by atoms with Gasteiger partial charge in [-0.25, -0.2) is 4.98 Å². The smallest absolute Gasteiger partial charge is 0.430 e. The van der Waals surface area contributed by atoms with Crippen molar-refractivity contribution in [3.05, 3.63) is 49.9 Å². The van der Waals surface area contributed by atoms with Gasteiger partial charge in [-0.05, 0) is 29.2 Å². The maximum Gasteiger partial charge on any atom is 0.430 e. The first-order valence-corrected chi connectivity index (χ1v) is 8.78. The van der Waals surface area contributed by atoms with Gasteiger partial charge in [-0.2, -0.15) is 5.43 Å². The molecule has 2 heterocycles. The van der Waals surface area contributed by atoms with E-state index >= 15 is 0 Å². The van der Waals surface area contributed by atoms with Gasteiger partial charge in [0.25, 0.3) is 0 Å². The summed E-state index contributed by atoms with van der Waals surface area (Å²) in [5.74, 6) is 0.582. The first-order valence-electron chi connectivity index (χ1n) is 7.59. The molecule has 0 saturated carbocycles. The van der Waals surface area contributed by atoms with Gasteiger partial charge in [0.1, 0.15) is 5.75 Å². The van der Waals surface area contributed by atoms with Gasteiger partial charge in [0.15, 0.2) is 4.47 Å². The van der Waals surface area contributed by atoms with Crippen LogP contribution in [0.4, 0.5) is 5.69 Å². The lowest BCUT2D eigenvalue weighted by Crippen LogP contribution is -2.37. The highest BCUT2D eigenvalue weighted by atomic mass is 35.5. The van der Waals surface area contributed by atoms with Gasteiger partial charge in [-0.3, -0.25) is 4.99 Å². The summed E-state index contributed by atoms with van der Waals surface area (Å²) in [5, 5.41) is 15.4. The third kappa shape index (κ3) is 4.27. The fraction of sp³-hybridized carbons (Fsp3) is 0.267. The van der Waals surface area contributed by atoms with Crippen LogP contribution in [0.1, 0.15) is 4.88 Å². The van der Waals surface area contributed by atoms with E-state index in [4.69, 9.17) is 16.3 Å². The highest BCUT2D eigenvalue weighted by molar-refractivity contribution is 7.15. The summed E-state index contributed by atoms with van der Waals surface area (Å²) < 4.78 is 5.51. The molecule has 1 aromatic heterocycles. The van der Waals surface area contributed by atoms with Crippen LogP contribution in [0.2, 0.25) is 4.47 Å². The van der Waals surface area contributed by atoms with Crippen molar-refractivity contribution < 1.29 is 9.66 Å². The van der Waals surface area contributed by atoms with E-state index in [0.717, 1.165) is 4.88 Å². The van der Waals surface area contributed by atoms with Crippen LogP contribution in [-0.2, 0) is 6.54 Å². The minimum absolute atomic E-state index is 0.237. The van der Waals surface area contributed by atoms with E-state index in [-0.39, 0.29) is 11.7 Å². The van der Waals surface area contributed by atoms with Crippen molar-refractivity contribution in [3.8, 4) is 5.75 Å². The van der Waals surface area contributed by atoms with E-state index < -0.39 is 4.92 Å². The van der Waals surface area contributed by atoms with E-state index in [2.05, 4.69) is 20.5 Å². The topological polar surface area (TPSA) is 105 Å². The first-order chi connectivity index (χ1) is 12.6. The summed E-state index contributed by atoms with van der Waals surface area (Å²) in [6, 6.07) is 6.90.